The van der Waals surface area contributed by atoms with Crippen molar-refractivity contribution in [2.24, 2.45) is 0 Å². The second-order valence-corrected chi connectivity index (χ2v) is 10.1. The van der Waals surface area contributed by atoms with E-state index in [2.05, 4.69) is 18.7 Å². The van der Waals surface area contributed by atoms with E-state index < -0.39 is 0 Å². The van der Waals surface area contributed by atoms with Gasteiger partial charge in [-0.15, -0.1) is 11.3 Å². The Bertz CT molecular complexity index is 1200. The van der Waals surface area contributed by atoms with E-state index >= 15 is 0 Å². The maximum Gasteiger partial charge on any atom is 0.316 e. The standard InChI is InChI=1S/C24H29N3O4S2/c1-5-30-17-9-7-16(8-10-17)27-23(29)21-18-11-12-26(15(3)4)13-19(18)33-22(21)25-24(27)32-14-20(28)31-6-2/h7-10,15H,5-6,11-14H2,1-4H3. The Balaban J connectivity index is 1.82. The highest BCUT2D eigenvalue weighted by molar-refractivity contribution is 7.99. The summed E-state index contributed by atoms with van der Waals surface area (Å²) in [6, 6.07) is 7.85. The Kier molecular flexibility index (Phi) is 7.41. The molecule has 33 heavy (non-hydrogen) atoms. The first kappa shape index (κ1) is 23.8. The van der Waals surface area contributed by atoms with E-state index in [0.717, 1.165) is 35.7 Å². The molecule has 1 aliphatic heterocycles. The van der Waals surface area contributed by atoms with Crippen LogP contribution < -0.4 is 10.3 Å². The molecule has 176 valence electrons. The Morgan fingerprint density at radius 1 is 1.21 bits per heavy atom. The number of thiophene rings is 1. The van der Waals surface area contributed by atoms with Crippen LogP contribution in [-0.4, -0.2) is 52.0 Å². The molecule has 7 nitrogen and oxygen atoms in total. The molecule has 4 rings (SSSR count). The fraction of sp³-hybridized carbons (Fsp3) is 0.458. The Morgan fingerprint density at radius 3 is 2.64 bits per heavy atom. The van der Waals surface area contributed by atoms with Gasteiger partial charge in [-0.25, -0.2) is 4.98 Å². The lowest BCUT2D eigenvalue weighted by Crippen LogP contribution is -2.35. The molecule has 0 amide bonds. The monoisotopic (exact) mass is 487 g/mol. The number of carbonyl (C=O) groups is 1. The van der Waals surface area contributed by atoms with Crippen molar-refractivity contribution in [3.05, 3.63) is 45.1 Å². The molecule has 0 bridgehead atoms. The summed E-state index contributed by atoms with van der Waals surface area (Å²) in [5, 5.41) is 1.19. The zero-order chi connectivity index (χ0) is 23.5. The minimum Gasteiger partial charge on any atom is -0.494 e. The van der Waals surface area contributed by atoms with Crippen molar-refractivity contribution < 1.29 is 14.3 Å². The van der Waals surface area contributed by atoms with Gasteiger partial charge in [-0.05, 0) is 63.9 Å². The van der Waals surface area contributed by atoms with Crippen LogP contribution in [0.5, 0.6) is 5.75 Å². The van der Waals surface area contributed by atoms with Crippen LogP contribution in [0.15, 0.2) is 34.2 Å². The molecule has 9 heteroatoms. The van der Waals surface area contributed by atoms with Gasteiger partial charge in [-0.1, -0.05) is 11.8 Å². The predicted octanol–water partition coefficient (Wildman–Crippen LogP) is 4.27. The summed E-state index contributed by atoms with van der Waals surface area (Å²) in [6.45, 7) is 10.8. The summed E-state index contributed by atoms with van der Waals surface area (Å²) in [4.78, 5) is 35.1. The third-order valence-corrected chi connectivity index (χ3v) is 7.66. The van der Waals surface area contributed by atoms with Crippen molar-refractivity contribution in [3.8, 4) is 11.4 Å². The molecule has 0 fully saturated rings. The molecule has 0 unspecified atom stereocenters. The number of fused-ring (bicyclic) bond motifs is 3. The van der Waals surface area contributed by atoms with Crippen LogP contribution in [0.25, 0.3) is 15.9 Å². The normalized spacial score (nSPS) is 14.0. The van der Waals surface area contributed by atoms with Gasteiger partial charge in [-0.3, -0.25) is 19.1 Å². The Morgan fingerprint density at radius 2 is 1.97 bits per heavy atom. The summed E-state index contributed by atoms with van der Waals surface area (Å²) in [6.07, 6.45) is 0.836. The maximum atomic E-state index is 13.8. The largest absolute Gasteiger partial charge is 0.494 e. The van der Waals surface area contributed by atoms with Gasteiger partial charge in [-0.2, -0.15) is 0 Å². The fourth-order valence-corrected chi connectivity index (χ4v) is 6.09. The van der Waals surface area contributed by atoms with Crippen LogP contribution in [0.4, 0.5) is 0 Å². The Labute approximate surface area is 201 Å². The molecule has 0 N–H and O–H groups in total. The molecule has 0 spiro atoms. The van der Waals surface area contributed by atoms with Crippen LogP contribution in [0.3, 0.4) is 0 Å². The predicted molar refractivity (Wildman–Crippen MR) is 133 cm³/mol. The number of esters is 1. The maximum absolute atomic E-state index is 13.8. The highest BCUT2D eigenvalue weighted by Crippen LogP contribution is 2.35. The summed E-state index contributed by atoms with van der Waals surface area (Å²) in [7, 11) is 0. The molecule has 0 radical (unpaired) electrons. The third-order valence-electron chi connectivity index (χ3n) is 5.63. The highest BCUT2D eigenvalue weighted by atomic mass is 32.2. The lowest BCUT2D eigenvalue weighted by atomic mass is 10.0. The lowest BCUT2D eigenvalue weighted by Gasteiger charge is -2.30. The quantitative estimate of drug-likeness (QED) is 0.267. The second kappa shape index (κ2) is 10.3. The van der Waals surface area contributed by atoms with Crippen molar-refractivity contribution in [3.63, 3.8) is 0 Å². The number of nitrogens with zero attached hydrogens (tertiary/aromatic N) is 3. The average Bonchev–Trinajstić information content (AvgIpc) is 3.16. The summed E-state index contributed by atoms with van der Waals surface area (Å²) in [5.74, 6) is 0.508. The van der Waals surface area contributed by atoms with Crippen molar-refractivity contribution >= 4 is 39.3 Å². The van der Waals surface area contributed by atoms with Crippen molar-refractivity contribution in [1.29, 1.82) is 0 Å². The smallest absolute Gasteiger partial charge is 0.316 e. The van der Waals surface area contributed by atoms with Crippen LogP contribution in [0.2, 0.25) is 0 Å². The van der Waals surface area contributed by atoms with Gasteiger partial charge in [0.1, 0.15) is 10.6 Å². The first-order chi connectivity index (χ1) is 15.9. The first-order valence-electron chi connectivity index (χ1n) is 11.3. The number of hydrogen-bond donors (Lipinski definition) is 0. The van der Waals surface area contributed by atoms with Crippen LogP contribution >= 0.6 is 23.1 Å². The molecule has 0 saturated heterocycles. The number of thioether (sulfide) groups is 1. The molecule has 0 atom stereocenters. The van der Waals surface area contributed by atoms with Gasteiger partial charge in [0.05, 0.1) is 30.0 Å². The summed E-state index contributed by atoms with van der Waals surface area (Å²) < 4.78 is 12.2. The number of ether oxygens (including phenoxy) is 2. The number of rotatable bonds is 8. The minimum atomic E-state index is -0.326. The van der Waals surface area contributed by atoms with Gasteiger partial charge in [0.15, 0.2) is 5.16 Å². The summed E-state index contributed by atoms with van der Waals surface area (Å²) in [5.41, 5.74) is 1.72. The molecular formula is C24H29N3O4S2. The van der Waals surface area contributed by atoms with Gasteiger partial charge in [0, 0.05) is 24.0 Å². The van der Waals surface area contributed by atoms with Gasteiger partial charge >= 0.3 is 5.97 Å². The zero-order valence-electron chi connectivity index (χ0n) is 19.4. The molecule has 3 heterocycles. The fourth-order valence-electron chi connectivity index (χ4n) is 3.99. The van der Waals surface area contributed by atoms with E-state index in [1.807, 2.05) is 31.2 Å². The number of aromatic nitrogens is 2. The SMILES string of the molecule is CCOC(=O)CSc1nc2sc3c(c2c(=O)n1-c1ccc(OCC)cc1)CCN(C(C)C)C3. The Hall–Kier alpha value is -2.36. The molecule has 1 aromatic carbocycles. The minimum absolute atomic E-state index is 0.0917. The molecule has 1 aliphatic rings. The van der Waals surface area contributed by atoms with Gasteiger partial charge in [0.2, 0.25) is 0 Å². The van der Waals surface area contributed by atoms with E-state index in [1.54, 1.807) is 22.8 Å². The van der Waals surface area contributed by atoms with Crippen molar-refractivity contribution in [1.82, 2.24) is 14.5 Å². The van der Waals surface area contributed by atoms with E-state index in [-0.39, 0.29) is 17.3 Å². The van der Waals surface area contributed by atoms with Crippen LogP contribution in [0.1, 0.15) is 38.1 Å². The van der Waals surface area contributed by atoms with Crippen LogP contribution in [-0.2, 0) is 22.5 Å². The summed E-state index contributed by atoms with van der Waals surface area (Å²) >= 11 is 2.82. The van der Waals surface area contributed by atoms with Crippen molar-refractivity contribution in [2.45, 2.75) is 51.9 Å². The first-order valence-corrected chi connectivity index (χ1v) is 13.1. The topological polar surface area (TPSA) is 73.7 Å². The van der Waals surface area contributed by atoms with E-state index in [4.69, 9.17) is 14.5 Å². The second-order valence-electron chi connectivity index (χ2n) is 8.05. The lowest BCUT2D eigenvalue weighted by molar-refractivity contribution is -0.139. The number of hydrogen-bond acceptors (Lipinski definition) is 8. The van der Waals surface area contributed by atoms with Crippen molar-refractivity contribution in [2.75, 3.05) is 25.5 Å². The van der Waals surface area contributed by atoms with E-state index in [1.165, 1.54) is 16.6 Å². The van der Waals surface area contributed by atoms with E-state index in [0.29, 0.717) is 35.5 Å². The molecular weight excluding hydrogens is 458 g/mol. The van der Waals surface area contributed by atoms with Gasteiger partial charge in [0.25, 0.3) is 5.56 Å². The van der Waals surface area contributed by atoms with Gasteiger partial charge < -0.3 is 9.47 Å². The average molecular weight is 488 g/mol. The molecule has 2 aromatic heterocycles. The van der Waals surface area contributed by atoms with Crippen LogP contribution in [0, 0.1) is 0 Å². The molecule has 0 saturated carbocycles. The molecule has 3 aromatic rings. The highest BCUT2D eigenvalue weighted by Gasteiger charge is 2.26. The number of benzene rings is 1. The third kappa shape index (κ3) is 4.95. The zero-order valence-corrected chi connectivity index (χ0v) is 21.1. The number of carbonyl (C=O) groups excluding carboxylic acids is 1. The van der Waals surface area contributed by atoms with E-state index in [9.17, 15) is 9.59 Å². The molecule has 0 aliphatic carbocycles.